The van der Waals surface area contributed by atoms with E-state index in [0.29, 0.717) is 23.5 Å². The van der Waals surface area contributed by atoms with Gasteiger partial charge in [-0.2, -0.15) is 0 Å². The van der Waals surface area contributed by atoms with Crippen LogP contribution in [0.3, 0.4) is 0 Å². The molecule has 0 spiro atoms. The van der Waals surface area contributed by atoms with Crippen molar-refractivity contribution in [3.05, 3.63) is 58.5 Å². The van der Waals surface area contributed by atoms with Gasteiger partial charge in [-0.05, 0) is 53.1 Å². The van der Waals surface area contributed by atoms with E-state index in [9.17, 15) is 18.0 Å². The number of rotatable bonds is 8. The van der Waals surface area contributed by atoms with Crippen LogP contribution >= 0.6 is 0 Å². The fraction of sp³-hybridized carbons (Fsp3) is 0.429. The molecule has 224 valence electrons. The third kappa shape index (κ3) is 7.82. The normalized spacial score (nSPS) is 14.0. The Morgan fingerprint density at radius 1 is 1.02 bits per heavy atom. The molecule has 0 fully saturated rings. The van der Waals surface area contributed by atoms with Crippen LogP contribution in [-0.2, 0) is 20.2 Å². The van der Waals surface area contributed by atoms with Gasteiger partial charge in [-0.1, -0.05) is 47.6 Å². The van der Waals surface area contributed by atoms with Crippen LogP contribution < -0.4 is 41.8 Å². The first-order valence-corrected chi connectivity index (χ1v) is 14.9. The van der Waals surface area contributed by atoms with Crippen LogP contribution in [0.1, 0.15) is 63.0 Å². The molecular formula is C28H41N7O5S. The van der Waals surface area contributed by atoms with Crippen molar-refractivity contribution in [2.45, 2.75) is 53.9 Å². The molecule has 0 aromatic heterocycles. The van der Waals surface area contributed by atoms with Gasteiger partial charge in [-0.15, -0.1) is 5.53 Å². The topological polar surface area (TPSA) is 167 Å². The predicted molar refractivity (Wildman–Crippen MR) is 162 cm³/mol. The lowest BCUT2D eigenvalue weighted by Gasteiger charge is -2.24. The molecule has 1 heterocycles. The zero-order chi connectivity index (χ0) is 30.9. The summed E-state index contributed by atoms with van der Waals surface area (Å²) in [6, 6.07) is 8.50. The molecule has 3 rings (SSSR count). The van der Waals surface area contributed by atoms with Gasteiger partial charge in [0.05, 0.1) is 30.4 Å². The van der Waals surface area contributed by atoms with Crippen LogP contribution in [0, 0.1) is 12.3 Å². The highest BCUT2D eigenvalue weighted by Gasteiger charge is 2.28. The Bertz CT molecular complexity index is 1490. The number of amides is 2. The number of sulfonamides is 1. The number of hydrogen-bond donors (Lipinski definition) is 6. The second kappa shape index (κ2) is 11.5. The minimum Gasteiger partial charge on any atom is -0.492 e. The summed E-state index contributed by atoms with van der Waals surface area (Å²) in [7, 11) is -2.22. The Hall–Kier alpha value is -3.97. The van der Waals surface area contributed by atoms with E-state index in [-0.39, 0.29) is 39.7 Å². The highest BCUT2D eigenvalue weighted by molar-refractivity contribution is 7.92. The van der Waals surface area contributed by atoms with E-state index in [0.717, 1.165) is 17.4 Å². The number of carbonyl (C=O) groups excluding carboxylic acids is 2. The Labute approximate surface area is 242 Å². The molecule has 13 heteroatoms. The van der Waals surface area contributed by atoms with E-state index in [2.05, 4.69) is 26.3 Å². The van der Waals surface area contributed by atoms with Crippen molar-refractivity contribution in [3.8, 4) is 5.75 Å². The standard InChI is InChI=1S/C28H41N7O5S/c1-16-10-11-17(12-21(16)35-24(29)22(32-34-35)26(37)30-15-27(2,3)4)25(36)31-19-13-18(28(5,6)7)14-20(23(19)40-8)33-41(9,38)39/h10-14,32-34H,15,29H2,1-9H3,(H,30,37)(H,31,36). The smallest absolute Gasteiger partial charge is 0.272 e. The third-order valence-electron chi connectivity index (χ3n) is 6.21. The number of benzene rings is 2. The molecule has 0 radical (unpaired) electrons. The molecule has 2 aromatic carbocycles. The summed E-state index contributed by atoms with van der Waals surface area (Å²) in [6.45, 7) is 14.3. The van der Waals surface area contributed by atoms with E-state index >= 15 is 0 Å². The van der Waals surface area contributed by atoms with Gasteiger partial charge in [0.1, 0.15) is 0 Å². The number of nitrogens with one attached hydrogen (secondary N) is 5. The summed E-state index contributed by atoms with van der Waals surface area (Å²) in [5.41, 5.74) is 14.7. The van der Waals surface area contributed by atoms with Crippen molar-refractivity contribution < 1.29 is 22.7 Å². The maximum atomic E-state index is 13.5. The highest BCUT2D eigenvalue weighted by Crippen LogP contribution is 2.39. The Morgan fingerprint density at radius 2 is 1.66 bits per heavy atom. The lowest BCUT2D eigenvalue weighted by Crippen LogP contribution is -2.41. The van der Waals surface area contributed by atoms with Gasteiger partial charge in [0.25, 0.3) is 11.8 Å². The fourth-order valence-corrected chi connectivity index (χ4v) is 4.53. The van der Waals surface area contributed by atoms with Crippen molar-refractivity contribution in [1.82, 2.24) is 16.3 Å². The van der Waals surface area contributed by atoms with Gasteiger partial charge in [-0.25, -0.2) is 13.4 Å². The number of aryl methyl sites for hydroxylation is 1. The summed E-state index contributed by atoms with van der Waals surface area (Å²) in [5.74, 6) is -0.497. The van der Waals surface area contributed by atoms with E-state index in [4.69, 9.17) is 10.5 Å². The second-order valence-electron chi connectivity index (χ2n) is 12.3. The summed E-state index contributed by atoms with van der Waals surface area (Å²) in [5, 5.41) is 7.21. The van der Waals surface area contributed by atoms with Crippen LogP contribution in [0.4, 0.5) is 17.1 Å². The number of anilines is 3. The average Bonchev–Trinajstić information content (AvgIpc) is 3.21. The second-order valence-corrected chi connectivity index (χ2v) is 14.0. The molecule has 2 aromatic rings. The van der Waals surface area contributed by atoms with Gasteiger partial charge in [0.15, 0.2) is 17.3 Å². The summed E-state index contributed by atoms with van der Waals surface area (Å²) >= 11 is 0. The monoisotopic (exact) mass is 587 g/mol. The first-order chi connectivity index (χ1) is 18.8. The number of carbonyl (C=O) groups is 2. The number of nitrogens with zero attached hydrogens (tertiary/aromatic N) is 1. The van der Waals surface area contributed by atoms with Crippen LogP contribution in [0.2, 0.25) is 0 Å². The van der Waals surface area contributed by atoms with Crippen LogP contribution in [-0.4, -0.2) is 40.1 Å². The fourth-order valence-electron chi connectivity index (χ4n) is 3.98. The molecule has 0 atom stereocenters. The molecule has 0 aliphatic carbocycles. The highest BCUT2D eigenvalue weighted by atomic mass is 32.2. The van der Waals surface area contributed by atoms with Crippen molar-refractivity contribution in [3.63, 3.8) is 0 Å². The molecule has 0 bridgehead atoms. The lowest BCUT2D eigenvalue weighted by atomic mass is 9.86. The summed E-state index contributed by atoms with van der Waals surface area (Å²) in [4.78, 5) is 26.2. The minimum absolute atomic E-state index is 0.105. The maximum Gasteiger partial charge on any atom is 0.272 e. The molecule has 12 nitrogen and oxygen atoms in total. The van der Waals surface area contributed by atoms with Crippen LogP contribution in [0.25, 0.3) is 0 Å². The SMILES string of the molecule is COc1c(NC(=O)c2ccc(C)c(N3NNC(C(=O)NCC(C)(C)C)=C3N)c2)cc(C(C)(C)C)cc1NS(C)(=O)=O. The predicted octanol–water partition coefficient (Wildman–Crippen LogP) is 3.04. The van der Waals surface area contributed by atoms with Crippen molar-refractivity contribution in [1.29, 1.82) is 0 Å². The van der Waals surface area contributed by atoms with E-state index in [1.165, 1.54) is 12.1 Å². The van der Waals surface area contributed by atoms with E-state index in [1.807, 2.05) is 48.5 Å². The zero-order valence-corrected chi connectivity index (χ0v) is 25.9. The zero-order valence-electron chi connectivity index (χ0n) is 25.1. The van der Waals surface area contributed by atoms with Gasteiger partial charge >= 0.3 is 0 Å². The molecule has 1 aliphatic heterocycles. The number of ether oxygens (including phenoxy) is 1. The van der Waals surface area contributed by atoms with Crippen molar-refractivity contribution >= 4 is 38.9 Å². The van der Waals surface area contributed by atoms with Crippen molar-refractivity contribution in [2.75, 3.05) is 35.0 Å². The van der Waals surface area contributed by atoms with E-state index < -0.39 is 15.9 Å². The number of nitrogens with two attached hydrogens (primary N) is 1. The number of hydrazine groups is 2. The molecule has 0 saturated heterocycles. The maximum absolute atomic E-state index is 13.5. The van der Waals surface area contributed by atoms with Gasteiger partial charge in [-0.3, -0.25) is 19.7 Å². The third-order valence-corrected chi connectivity index (χ3v) is 6.80. The number of methoxy groups -OCH3 is 1. The molecule has 2 amide bonds. The molecule has 41 heavy (non-hydrogen) atoms. The number of hydrogen-bond acceptors (Lipinski definition) is 9. The van der Waals surface area contributed by atoms with Crippen molar-refractivity contribution in [2.24, 2.45) is 11.1 Å². The molecular weight excluding hydrogens is 546 g/mol. The molecule has 0 saturated carbocycles. The van der Waals surface area contributed by atoms with Gasteiger partial charge in [0.2, 0.25) is 10.0 Å². The molecule has 0 unspecified atom stereocenters. The van der Waals surface area contributed by atoms with Crippen LogP contribution in [0.5, 0.6) is 5.75 Å². The Kier molecular flexibility index (Phi) is 8.84. The largest absolute Gasteiger partial charge is 0.492 e. The van der Waals surface area contributed by atoms with Gasteiger partial charge < -0.3 is 21.1 Å². The Balaban J connectivity index is 1.95. The quantitative estimate of drug-likeness (QED) is 0.272. The minimum atomic E-state index is -3.62. The molecule has 7 N–H and O–H groups in total. The van der Waals surface area contributed by atoms with E-state index in [1.54, 1.807) is 30.3 Å². The Morgan fingerprint density at radius 3 is 2.22 bits per heavy atom. The first-order valence-electron chi connectivity index (χ1n) is 13.0. The summed E-state index contributed by atoms with van der Waals surface area (Å²) in [6.07, 6.45) is 1.04. The first kappa shape index (κ1) is 31.6. The molecule has 1 aliphatic rings. The van der Waals surface area contributed by atoms with Crippen LogP contribution in [0.15, 0.2) is 41.8 Å². The summed E-state index contributed by atoms with van der Waals surface area (Å²) < 4.78 is 32.1. The average molecular weight is 588 g/mol. The van der Waals surface area contributed by atoms with Gasteiger partial charge in [0, 0.05) is 12.1 Å². The lowest BCUT2D eigenvalue weighted by molar-refractivity contribution is -0.118.